The molecule has 35 heavy (non-hydrogen) atoms. The predicted molar refractivity (Wildman–Crippen MR) is 144 cm³/mol. The average Bonchev–Trinajstić information content (AvgIpc) is 3.28. The van der Waals surface area contributed by atoms with Crippen molar-refractivity contribution in [1.29, 1.82) is 0 Å². The number of rotatable bonds is 12. The quantitative estimate of drug-likeness (QED) is 0.280. The van der Waals surface area contributed by atoms with Gasteiger partial charge in [0, 0.05) is 37.5 Å². The maximum Gasteiger partial charge on any atom is 0.227 e. The lowest BCUT2D eigenvalue weighted by molar-refractivity contribution is -0.118. The number of anilines is 1. The minimum absolute atomic E-state index is 0. The lowest BCUT2D eigenvalue weighted by Crippen LogP contribution is -2.33. The van der Waals surface area contributed by atoms with Gasteiger partial charge in [0.15, 0.2) is 5.78 Å². The van der Waals surface area contributed by atoms with Gasteiger partial charge in [0.25, 0.3) is 0 Å². The maximum absolute atomic E-state index is 12.9. The highest BCUT2D eigenvalue weighted by Crippen LogP contribution is 2.37. The average molecular weight is 499 g/mol. The third kappa shape index (κ3) is 6.45. The van der Waals surface area contributed by atoms with E-state index < -0.39 is 0 Å². The second-order valence-electron chi connectivity index (χ2n) is 9.86. The number of ketones is 1. The van der Waals surface area contributed by atoms with Crippen LogP contribution in [0.5, 0.6) is 5.75 Å². The van der Waals surface area contributed by atoms with Crippen molar-refractivity contribution < 1.29 is 14.3 Å². The molecule has 4 rings (SSSR count). The fourth-order valence-electron chi connectivity index (χ4n) is 5.34. The van der Waals surface area contributed by atoms with Crippen molar-refractivity contribution in [2.45, 2.75) is 71.3 Å². The Morgan fingerprint density at radius 3 is 2.51 bits per heavy atom. The molecular weight excluding hydrogens is 460 g/mol. The van der Waals surface area contributed by atoms with E-state index in [4.69, 9.17) is 4.74 Å². The fourth-order valence-corrected chi connectivity index (χ4v) is 5.34. The number of methoxy groups -OCH3 is 1. The maximum atomic E-state index is 12.9. The van der Waals surface area contributed by atoms with E-state index in [0.717, 1.165) is 75.2 Å². The molecule has 0 bridgehead atoms. The summed E-state index contributed by atoms with van der Waals surface area (Å²) in [6.45, 7) is 7.33. The van der Waals surface area contributed by atoms with E-state index >= 15 is 0 Å². The standard InChI is InChI=1S/C29H38N2O3.ClH/c1-21(2)30(17-14-22-9-6-7-11-27(22)34-3)16-8-4-5-10-26(32)25-19-23-12-13-28(33)31-18-15-24(20-25)29(23)31;/h6-7,9,11,19-21H,4-5,8,10,12-18H2,1-3H3;1H. The van der Waals surface area contributed by atoms with Crippen molar-refractivity contribution in [3.63, 3.8) is 0 Å². The van der Waals surface area contributed by atoms with Gasteiger partial charge >= 0.3 is 0 Å². The Bertz CT molecular complexity index is 1040. The molecule has 0 saturated heterocycles. The van der Waals surface area contributed by atoms with Gasteiger partial charge in [-0.05, 0) is 87.4 Å². The number of nitrogens with zero attached hydrogens (tertiary/aromatic N) is 2. The van der Waals surface area contributed by atoms with Crippen LogP contribution in [0.2, 0.25) is 0 Å². The molecule has 190 valence electrons. The summed E-state index contributed by atoms with van der Waals surface area (Å²) < 4.78 is 5.49. The topological polar surface area (TPSA) is 49.9 Å². The first kappa shape index (κ1) is 27.2. The van der Waals surface area contributed by atoms with Crippen LogP contribution in [0, 0.1) is 0 Å². The first-order valence-corrected chi connectivity index (χ1v) is 12.8. The largest absolute Gasteiger partial charge is 0.496 e. The van der Waals surface area contributed by atoms with Gasteiger partial charge < -0.3 is 14.5 Å². The highest BCUT2D eigenvalue weighted by Gasteiger charge is 2.31. The zero-order valence-electron chi connectivity index (χ0n) is 21.3. The summed E-state index contributed by atoms with van der Waals surface area (Å²) in [4.78, 5) is 29.5. The molecule has 0 radical (unpaired) electrons. The number of ether oxygens (including phenoxy) is 1. The molecule has 0 N–H and O–H groups in total. The summed E-state index contributed by atoms with van der Waals surface area (Å²) in [5.74, 6) is 1.43. The number of para-hydroxylation sites is 1. The van der Waals surface area contributed by atoms with E-state index in [1.807, 2.05) is 29.2 Å². The highest BCUT2D eigenvalue weighted by atomic mass is 35.5. The summed E-state index contributed by atoms with van der Waals surface area (Å²) in [5, 5.41) is 0. The van der Waals surface area contributed by atoms with Crippen LogP contribution in [0.1, 0.15) is 73.0 Å². The number of Topliss-reactive ketones (excluding diaryl/α,β-unsaturated/α-hetero) is 1. The molecule has 2 aromatic rings. The first-order chi connectivity index (χ1) is 16.5. The van der Waals surface area contributed by atoms with Crippen molar-refractivity contribution in [2.75, 3.05) is 31.6 Å². The molecule has 6 heteroatoms. The molecule has 0 fully saturated rings. The first-order valence-electron chi connectivity index (χ1n) is 12.8. The zero-order chi connectivity index (χ0) is 24.1. The number of hydrogen-bond donors (Lipinski definition) is 0. The van der Waals surface area contributed by atoms with Crippen LogP contribution in [0.25, 0.3) is 0 Å². The van der Waals surface area contributed by atoms with Gasteiger partial charge in [-0.1, -0.05) is 24.6 Å². The van der Waals surface area contributed by atoms with E-state index in [1.165, 1.54) is 16.7 Å². The SMILES string of the molecule is COc1ccccc1CCN(CCCCCC(=O)c1cc2c3c(c1)CCN3C(=O)CC2)C(C)C.Cl. The Labute approximate surface area is 216 Å². The van der Waals surface area contributed by atoms with Crippen molar-refractivity contribution in [1.82, 2.24) is 4.90 Å². The number of carbonyl (C=O) groups excluding carboxylic acids is 2. The summed E-state index contributed by atoms with van der Waals surface area (Å²) in [7, 11) is 1.73. The van der Waals surface area contributed by atoms with Gasteiger partial charge in [-0.3, -0.25) is 9.59 Å². The van der Waals surface area contributed by atoms with Crippen LogP contribution < -0.4 is 9.64 Å². The normalized spacial score (nSPS) is 14.3. The zero-order valence-corrected chi connectivity index (χ0v) is 22.2. The van der Waals surface area contributed by atoms with E-state index in [9.17, 15) is 9.59 Å². The number of amides is 1. The van der Waals surface area contributed by atoms with E-state index in [0.29, 0.717) is 18.9 Å². The number of hydrogen-bond acceptors (Lipinski definition) is 4. The predicted octanol–water partition coefficient (Wildman–Crippen LogP) is 5.65. The lowest BCUT2D eigenvalue weighted by Gasteiger charge is -2.26. The summed E-state index contributed by atoms with van der Waals surface area (Å²) in [6, 6.07) is 12.8. The molecule has 0 atom stereocenters. The van der Waals surface area contributed by atoms with Crippen molar-refractivity contribution in [3.05, 3.63) is 58.7 Å². The molecule has 0 aliphatic carbocycles. The number of halogens is 1. The molecule has 2 aliphatic heterocycles. The summed E-state index contributed by atoms with van der Waals surface area (Å²) >= 11 is 0. The Hall–Kier alpha value is -2.37. The van der Waals surface area contributed by atoms with Gasteiger partial charge in [0.1, 0.15) is 5.75 Å². The van der Waals surface area contributed by atoms with Gasteiger partial charge in [-0.2, -0.15) is 0 Å². The Balaban J connectivity index is 0.00000342. The fraction of sp³-hybridized carbons (Fsp3) is 0.517. The monoisotopic (exact) mass is 498 g/mol. The van der Waals surface area contributed by atoms with Crippen molar-refractivity contribution in [2.24, 2.45) is 0 Å². The van der Waals surface area contributed by atoms with Crippen molar-refractivity contribution >= 4 is 29.8 Å². The molecule has 5 nitrogen and oxygen atoms in total. The summed E-state index contributed by atoms with van der Waals surface area (Å²) in [5.41, 5.74) is 5.54. The van der Waals surface area contributed by atoms with Crippen LogP contribution in [0.15, 0.2) is 36.4 Å². The molecule has 2 aliphatic rings. The van der Waals surface area contributed by atoms with Crippen LogP contribution in [0.3, 0.4) is 0 Å². The number of aryl methyl sites for hydroxylation is 1. The van der Waals surface area contributed by atoms with E-state index in [-0.39, 0.29) is 24.1 Å². The van der Waals surface area contributed by atoms with Crippen LogP contribution >= 0.6 is 12.4 Å². The molecular formula is C29H39ClN2O3. The molecule has 0 aromatic heterocycles. The molecule has 0 spiro atoms. The van der Waals surface area contributed by atoms with Crippen molar-refractivity contribution in [3.8, 4) is 5.75 Å². The lowest BCUT2D eigenvalue weighted by atomic mass is 9.94. The summed E-state index contributed by atoms with van der Waals surface area (Å²) in [6.07, 6.45) is 6.86. The Morgan fingerprint density at radius 2 is 1.77 bits per heavy atom. The second-order valence-corrected chi connectivity index (χ2v) is 9.86. The molecule has 2 aromatic carbocycles. The van der Waals surface area contributed by atoms with Gasteiger partial charge in [0.05, 0.1) is 12.8 Å². The van der Waals surface area contributed by atoms with Crippen LogP contribution in [-0.2, 0) is 24.1 Å². The third-order valence-corrected chi connectivity index (χ3v) is 7.31. The Morgan fingerprint density at radius 1 is 1.03 bits per heavy atom. The third-order valence-electron chi connectivity index (χ3n) is 7.31. The minimum Gasteiger partial charge on any atom is -0.496 e. The molecule has 1 amide bonds. The van der Waals surface area contributed by atoms with E-state index in [1.54, 1.807) is 7.11 Å². The van der Waals surface area contributed by atoms with Gasteiger partial charge in [0.2, 0.25) is 5.91 Å². The van der Waals surface area contributed by atoms with E-state index in [2.05, 4.69) is 30.9 Å². The van der Waals surface area contributed by atoms with Crippen LogP contribution in [-0.4, -0.2) is 49.4 Å². The Kier molecular flexibility index (Phi) is 9.76. The smallest absolute Gasteiger partial charge is 0.227 e. The number of carbonyl (C=O) groups is 2. The molecule has 0 saturated carbocycles. The van der Waals surface area contributed by atoms with Crippen LogP contribution in [0.4, 0.5) is 5.69 Å². The second kappa shape index (κ2) is 12.5. The van der Waals surface area contributed by atoms with Gasteiger partial charge in [-0.25, -0.2) is 0 Å². The minimum atomic E-state index is 0. The molecule has 0 unspecified atom stereocenters. The van der Waals surface area contributed by atoms with Gasteiger partial charge in [-0.15, -0.1) is 12.4 Å². The number of unbranched alkanes of at least 4 members (excludes halogenated alkanes) is 2. The number of benzene rings is 2. The highest BCUT2D eigenvalue weighted by molar-refractivity contribution is 6.02. The molecule has 2 heterocycles.